The van der Waals surface area contributed by atoms with Crippen molar-refractivity contribution in [2.75, 3.05) is 31.5 Å². The summed E-state index contributed by atoms with van der Waals surface area (Å²) in [5.74, 6) is -0.0761. The van der Waals surface area contributed by atoms with Crippen LogP contribution < -0.4 is 32.5 Å². The number of carbonyl (C=O) groups excluding carboxylic acids is 1. The van der Waals surface area contributed by atoms with E-state index in [2.05, 4.69) is 17.6 Å². The van der Waals surface area contributed by atoms with Crippen LogP contribution in [-0.2, 0) is 0 Å². The molecule has 0 atom stereocenters. The second-order valence-corrected chi connectivity index (χ2v) is 7.15. The van der Waals surface area contributed by atoms with Gasteiger partial charge in [-0.05, 0) is 63.2 Å². The number of anilines is 1. The predicted octanol–water partition coefficient (Wildman–Crippen LogP) is 0.938. The monoisotopic (exact) mass is 400 g/mol. The van der Waals surface area contributed by atoms with Gasteiger partial charge in [-0.15, -0.1) is 0 Å². The number of amidine groups is 1. The summed E-state index contributed by atoms with van der Waals surface area (Å²) in [6.45, 7) is 13.4. The minimum absolute atomic E-state index is 0.170. The molecule has 0 aliphatic carbocycles. The van der Waals surface area contributed by atoms with Gasteiger partial charge in [0.25, 0.3) is 0 Å². The molecular formula is C22H36N6O. The molecular weight excluding hydrogens is 364 g/mol. The molecule has 0 bridgehead atoms. The standard InChI is InChI=1S/C22H36N6O/c1-6-26-10-11-28(7-2)21(24)9-8-16(5)17-12-18(22(25)29)19(14-23)20(13-17)27-15(3)4/h8-9,12-15,24,26-27H,6-7,10-11,23H2,1-5H3,(H2,25,29). The maximum atomic E-state index is 12.0. The number of primary amides is 1. The van der Waals surface area contributed by atoms with Crippen molar-refractivity contribution in [3.05, 3.63) is 40.3 Å². The van der Waals surface area contributed by atoms with E-state index in [4.69, 9.17) is 16.9 Å². The number of amides is 1. The Hall–Kier alpha value is -2.80. The molecule has 7 N–H and O–H groups in total. The van der Waals surface area contributed by atoms with Gasteiger partial charge < -0.3 is 27.0 Å². The highest BCUT2D eigenvalue weighted by Gasteiger charge is 2.09. The van der Waals surface area contributed by atoms with Crippen LogP contribution in [0, 0.1) is 5.41 Å². The number of allylic oxidation sites excluding steroid dienone is 1. The predicted molar refractivity (Wildman–Crippen MR) is 123 cm³/mol. The highest BCUT2D eigenvalue weighted by molar-refractivity contribution is 5.95. The quantitative estimate of drug-likeness (QED) is 0.227. The molecule has 29 heavy (non-hydrogen) atoms. The van der Waals surface area contributed by atoms with Crippen LogP contribution >= 0.6 is 0 Å². The molecule has 0 heterocycles. The van der Waals surface area contributed by atoms with E-state index in [1.165, 1.54) is 6.20 Å². The summed E-state index contributed by atoms with van der Waals surface area (Å²) in [6.07, 6.45) is 5.08. The number of carbonyl (C=O) groups is 1. The summed E-state index contributed by atoms with van der Waals surface area (Å²) in [4.78, 5) is 14.0. The SMILES string of the molecule is CCNCCN(CC)C(=N)C=CC(C)=c1cc(NC(C)C)c(=CN)c(C(N)=O)c1. The third-order valence-electron chi connectivity index (χ3n) is 4.53. The van der Waals surface area contributed by atoms with Crippen LogP contribution in [0.3, 0.4) is 0 Å². The second kappa shape index (κ2) is 11.9. The van der Waals surface area contributed by atoms with E-state index in [-0.39, 0.29) is 6.04 Å². The summed E-state index contributed by atoms with van der Waals surface area (Å²) in [5.41, 5.74) is 13.4. The molecule has 7 nitrogen and oxygen atoms in total. The van der Waals surface area contributed by atoms with E-state index >= 15 is 0 Å². The zero-order valence-electron chi connectivity index (χ0n) is 18.3. The highest BCUT2D eigenvalue weighted by Crippen LogP contribution is 2.04. The molecule has 160 valence electrons. The Morgan fingerprint density at radius 1 is 1.28 bits per heavy atom. The van der Waals surface area contributed by atoms with Crippen molar-refractivity contribution < 1.29 is 4.79 Å². The van der Waals surface area contributed by atoms with Crippen molar-refractivity contribution in [1.29, 1.82) is 5.41 Å². The van der Waals surface area contributed by atoms with E-state index in [1.807, 2.05) is 44.7 Å². The van der Waals surface area contributed by atoms with Crippen LogP contribution in [-0.4, -0.2) is 48.9 Å². The van der Waals surface area contributed by atoms with Crippen molar-refractivity contribution in [2.45, 2.75) is 40.7 Å². The number of hydrogen-bond donors (Lipinski definition) is 5. The van der Waals surface area contributed by atoms with Gasteiger partial charge in [0.05, 0.1) is 5.56 Å². The summed E-state index contributed by atoms with van der Waals surface area (Å²) in [7, 11) is 0. The van der Waals surface area contributed by atoms with Crippen LogP contribution in [0.5, 0.6) is 0 Å². The topological polar surface area (TPSA) is 120 Å². The number of hydrogen-bond acceptors (Lipinski definition) is 5. The Morgan fingerprint density at radius 3 is 2.48 bits per heavy atom. The van der Waals surface area contributed by atoms with Gasteiger partial charge in [-0.2, -0.15) is 0 Å². The molecule has 1 aromatic carbocycles. The molecule has 0 saturated carbocycles. The summed E-state index contributed by atoms with van der Waals surface area (Å²) < 4.78 is 0. The maximum Gasteiger partial charge on any atom is 0.249 e. The fourth-order valence-corrected chi connectivity index (χ4v) is 2.94. The Kier molecular flexibility index (Phi) is 9.96. The lowest BCUT2D eigenvalue weighted by molar-refractivity contribution is 0.0999. The molecule has 0 radical (unpaired) electrons. The normalized spacial score (nSPS) is 13.1. The van der Waals surface area contributed by atoms with Crippen LogP contribution in [0.25, 0.3) is 11.8 Å². The third kappa shape index (κ3) is 7.27. The Morgan fingerprint density at radius 2 is 1.97 bits per heavy atom. The van der Waals surface area contributed by atoms with Crippen LogP contribution in [0.15, 0.2) is 24.3 Å². The molecule has 0 saturated heterocycles. The van der Waals surface area contributed by atoms with E-state index < -0.39 is 5.91 Å². The maximum absolute atomic E-state index is 12.0. The van der Waals surface area contributed by atoms with Gasteiger partial charge in [0.2, 0.25) is 5.91 Å². The molecule has 0 aliphatic rings. The molecule has 0 aromatic heterocycles. The fraction of sp³-hybridized carbons (Fsp3) is 0.455. The average molecular weight is 401 g/mol. The van der Waals surface area contributed by atoms with Crippen LogP contribution in [0.4, 0.5) is 5.69 Å². The third-order valence-corrected chi connectivity index (χ3v) is 4.53. The number of nitrogens with two attached hydrogens (primary N) is 2. The molecule has 1 aromatic rings. The van der Waals surface area contributed by atoms with Crippen molar-refractivity contribution in [3.63, 3.8) is 0 Å². The summed E-state index contributed by atoms with van der Waals surface area (Å²) >= 11 is 0. The largest absolute Gasteiger partial charge is 0.404 e. The lowest BCUT2D eigenvalue weighted by Gasteiger charge is -2.21. The summed E-state index contributed by atoms with van der Waals surface area (Å²) in [6, 6.07) is 3.87. The lowest BCUT2D eigenvalue weighted by Crippen LogP contribution is -2.35. The van der Waals surface area contributed by atoms with Gasteiger partial charge in [-0.25, -0.2) is 0 Å². The van der Waals surface area contributed by atoms with Gasteiger partial charge in [-0.1, -0.05) is 13.0 Å². The molecule has 0 fully saturated rings. The molecule has 1 amide bonds. The Labute approximate surface area is 174 Å². The highest BCUT2D eigenvalue weighted by atomic mass is 16.1. The molecule has 1 rings (SSSR count). The number of nitrogens with zero attached hydrogens (tertiary/aromatic N) is 1. The fourth-order valence-electron chi connectivity index (χ4n) is 2.94. The number of benzene rings is 1. The zero-order chi connectivity index (χ0) is 22.0. The van der Waals surface area contributed by atoms with Gasteiger partial charge >= 0.3 is 0 Å². The average Bonchev–Trinajstić information content (AvgIpc) is 2.68. The first-order valence-corrected chi connectivity index (χ1v) is 10.1. The molecule has 0 unspecified atom stereocenters. The second-order valence-electron chi connectivity index (χ2n) is 7.15. The number of nitrogens with one attached hydrogen (secondary N) is 3. The van der Waals surface area contributed by atoms with Crippen molar-refractivity contribution in [2.24, 2.45) is 11.5 Å². The number of rotatable bonds is 10. The zero-order valence-corrected chi connectivity index (χ0v) is 18.3. The van der Waals surface area contributed by atoms with E-state index in [0.717, 1.165) is 42.7 Å². The minimum atomic E-state index is -0.527. The van der Waals surface area contributed by atoms with E-state index in [1.54, 1.807) is 12.1 Å². The smallest absolute Gasteiger partial charge is 0.249 e. The van der Waals surface area contributed by atoms with Gasteiger partial charge in [0.1, 0.15) is 5.84 Å². The molecule has 0 spiro atoms. The minimum Gasteiger partial charge on any atom is -0.404 e. The number of likely N-dealkylation sites (N-methyl/N-ethyl adjacent to an activating group) is 2. The van der Waals surface area contributed by atoms with Crippen molar-refractivity contribution in [3.8, 4) is 0 Å². The van der Waals surface area contributed by atoms with Crippen molar-refractivity contribution >= 4 is 29.2 Å². The van der Waals surface area contributed by atoms with E-state index in [0.29, 0.717) is 16.6 Å². The van der Waals surface area contributed by atoms with Gasteiger partial charge in [-0.3, -0.25) is 10.2 Å². The van der Waals surface area contributed by atoms with Crippen LogP contribution in [0.1, 0.15) is 45.0 Å². The summed E-state index contributed by atoms with van der Waals surface area (Å²) in [5, 5.41) is 16.4. The van der Waals surface area contributed by atoms with E-state index in [9.17, 15) is 4.79 Å². The lowest BCUT2D eigenvalue weighted by atomic mass is 10.0. The Bertz CT molecular complexity index is 857. The van der Waals surface area contributed by atoms with Crippen molar-refractivity contribution in [1.82, 2.24) is 10.2 Å². The van der Waals surface area contributed by atoms with Gasteiger partial charge in [0.15, 0.2) is 0 Å². The molecule has 0 aliphatic heterocycles. The van der Waals surface area contributed by atoms with Gasteiger partial charge in [0, 0.05) is 42.8 Å². The molecule has 7 heteroatoms. The first kappa shape index (κ1) is 24.2. The van der Waals surface area contributed by atoms with Crippen LogP contribution in [0.2, 0.25) is 0 Å². The first-order chi connectivity index (χ1) is 13.7. The Balaban J connectivity index is 3.31. The first-order valence-electron chi connectivity index (χ1n) is 10.1.